The van der Waals surface area contributed by atoms with Gasteiger partial charge in [0.15, 0.2) is 0 Å². The lowest BCUT2D eigenvalue weighted by Crippen LogP contribution is -2.07. The number of fused-ring (bicyclic) bond motifs is 1. The van der Waals surface area contributed by atoms with Crippen LogP contribution in [0.4, 0.5) is 0 Å². The minimum absolute atomic E-state index is 0.392. The molecule has 2 aromatic rings. The van der Waals surface area contributed by atoms with Gasteiger partial charge >= 0.3 is 5.63 Å². The summed E-state index contributed by atoms with van der Waals surface area (Å²) in [5, 5.41) is 0.857. The van der Waals surface area contributed by atoms with Crippen LogP contribution in [0, 0.1) is 23.7 Å². The molecule has 0 amide bonds. The van der Waals surface area contributed by atoms with Crippen molar-refractivity contribution in [3.8, 4) is 23.7 Å². The maximum Gasteiger partial charge on any atom is 0.353 e. The number of unbranched alkanes of at least 4 members (excludes halogenated alkanes) is 4. The van der Waals surface area contributed by atoms with Gasteiger partial charge in [0.05, 0.1) is 5.56 Å². The summed E-state index contributed by atoms with van der Waals surface area (Å²) in [4.78, 5) is 12.3. The van der Waals surface area contributed by atoms with Gasteiger partial charge in [-0.05, 0) is 25.0 Å². The summed E-state index contributed by atoms with van der Waals surface area (Å²) in [7, 11) is 0. The molecule has 2 heteroatoms. The van der Waals surface area contributed by atoms with Gasteiger partial charge in [-0.2, -0.15) is 0 Å². The molecule has 2 nitrogen and oxygen atoms in total. The first kappa shape index (κ1) is 16.9. The van der Waals surface area contributed by atoms with Crippen molar-refractivity contribution < 1.29 is 4.42 Å². The van der Waals surface area contributed by atoms with Crippen molar-refractivity contribution in [1.29, 1.82) is 0 Å². The normalized spacial score (nSPS) is 9.83. The number of hydrogen-bond acceptors (Lipinski definition) is 2. The lowest BCUT2D eigenvalue weighted by atomic mass is 10.0. The molecule has 1 aromatic carbocycles. The molecule has 1 aromatic heterocycles. The average molecular weight is 306 g/mol. The molecular formula is C21H22O2. The number of hydrogen-bond donors (Lipinski definition) is 0. The smallest absolute Gasteiger partial charge is 0.353 e. The molecule has 0 saturated carbocycles. The molecule has 0 radical (unpaired) electrons. The fourth-order valence-electron chi connectivity index (χ4n) is 2.23. The molecule has 0 atom stereocenters. The van der Waals surface area contributed by atoms with E-state index < -0.39 is 5.63 Å². The van der Waals surface area contributed by atoms with Crippen molar-refractivity contribution in [2.45, 2.75) is 52.4 Å². The van der Waals surface area contributed by atoms with Gasteiger partial charge in [0.2, 0.25) is 0 Å². The van der Waals surface area contributed by atoms with Crippen LogP contribution in [-0.4, -0.2) is 0 Å². The molecule has 0 aliphatic rings. The molecule has 2 rings (SSSR count). The quantitative estimate of drug-likeness (QED) is 0.458. The summed E-state index contributed by atoms with van der Waals surface area (Å²) in [6, 6.07) is 7.50. The standard InChI is InChI=1S/C21H22O2/c1-3-5-7-9-13-17-18-14-11-12-16-20(18)23-21(22)19(17)15-10-8-6-4-2/h11-12,14,16H,3-8H2,1-2H3. The Morgan fingerprint density at radius 1 is 0.913 bits per heavy atom. The van der Waals surface area contributed by atoms with E-state index in [1.54, 1.807) is 6.07 Å². The van der Waals surface area contributed by atoms with Crippen molar-refractivity contribution in [2.75, 3.05) is 0 Å². The van der Waals surface area contributed by atoms with Crippen LogP contribution >= 0.6 is 0 Å². The Hall–Kier alpha value is -2.45. The highest BCUT2D eigenvalue weighted by molar-refractivity contribution is 5.85. The van der Waals surface area contributed by atoms with Gasteiger partial charge in [-0.15, -0.1) is 0 Å². The fourth-order valence-corrected chi connectivity index (χ4v) is 2.23. The van der Waals surface area contributed by atoms with Crippen molar-refractivity contribution in [2.24, 2.45) is 0 Å². The SMILES string of the molecule is CCCCC#Cc1c(C#CCCCC)c2ccccc2oc1=O. The number of rotatable bonds is 4. The monoisotopic (exact) mass is 306 g/mol. The van der Waals surface area contributed by atoms with Crippen LogP contribution < -0.4 is 5.63 Å². The Morgan fingerprint density at radius 2 is 1.52 bits per heavy atom. The second-order valence-electron chi connectivity index (χ2n) is 5.45. The largest absolute Gasteiger partial charge is 0.422 e. The second kappa shape index (κ2) is 8.86. The van der Waals surface area contributed by atoms with Crippen molar-refractivity contribution in [1.82, 2.24) is 0 Å². The molecule has 1 heterocycles. The highest BCUT2D eigenvalue weighted by Crippen LogP contribution is 2.18. The molecule has 0 aliphatic heterocycles. The van der Waals surface area contributed by atoms with Gasteiger partial charge in [-0.3, -0.25) is 0 Å². The maximum absolute atomic E-state index is 12.3. The Labute approximate surface area is 137 Å². The van der Waals surface area contributed by atoms with E-state index in [9.17, 15) is 4.79 Å². The van der Waals surface area contributed by atoms with Gasteiger partial charge in [0.25, 0.3) is 0 Å². The van der Waals surface area contributed by atoms with Crippen LogP contribution in [0.2, 0.25) is 0 Å². The predicted octanol–water partition coefficient (Wildman–Crippen LogP) is 4.88. The molecule has 23 heavy (non-hydrogen) atoms. The average Bonchev–Trinajstić information content (AvgIpc) is 2.56. The summed E-state index contributed by atoms with van der Waals surface area (Å²) < 4.78 is 5.39. The van der Waals surface area contributed by atoms with Gasteiger partial charge < -0.3 is 4.42 Å². The third-order valence-corrected chi connectivity index (χ3v) is 3.55. The van der Waals surface area contributed by atoms with Crippen LogP contribution in [0.25, 0.3) is 11.0 Å². The third kappa shape index (κ3) is 4.51. The first-order valence-electron chi connectivity index (χ1n) is 8.31. The van der Waals surface area contributed by atoms with Gasteiger partial charge in [0.1, 0.15) is 11.1 Å². The highest BCUT2D eigenvalue weighted by atomic mass is 16.4. The Bertz CT molecular complexity index is 835. The zero-order valence-corrected chi connectivity index (χ0v) is 13.9. The molecule has 0 bridgehead atoms. The third-order valence-electron chi connectivity index (χ3n) is 3.55. The zero-order chi connectivity index (χ0) is 16.5. The Morgan fingerprint density at radius 3 is 2.17 bits per heavy atom. The highest BCUT2D eigenvalue weighted by Gasteiger charge is 2.10. The van der Waals surface area contributed by atoms with Gasteiger partial charge in [0, 0.05) is 18.2 Å². The van der Waals surface area contributed by atoms with E-state index >= 15 is 0 Å². The van der Waals surface area contributed by atoms with Crippen LogP contribution in [0.3, 0.4) is 0 Å². The topological polar surface area (TPSA) is 30.2 Å². The summed E-state index contributed by atoms with van der Waals surface area (Å²) in [5.41, 5.74) is 1.27. The van der Waals surface area contributed by atoms with Gasteiger partial charge in [-0.25, -0.2) is 4.79 Å². The Balaban J connectivity index is 2.53. The van der Waals surface area contributed by atoms with E-state index in [0.717, 1.165) is 43.9 Å². The molecule has 0 N–H and O–H groups in total. The Kier molecular flexibility index (Phi) is 6.52. The molecule has 0 unspecified atom stereocenters. The van der Waals surface area contributed by atoms with E-state index in [1.807, 2.05) is 18.2 Å². The minimum atomic E-state index is -0.396. The summed E-state index contributed by atoms with van der Waals surface area (Å²) in [5.74, 6) is 12.4. The summed E-state index contributed by atoms with van der Waals surface area (Å²) in [6.07, 6.45) is 5.90. The second-order valence-corrected chi connectivity index (χ2v) is 5.45. The first-order valence-corrected chi connectivity index (χ1v) is 8.31. The molecule has 118 valence electrons. The molecule has 0 aliphatic carbocycles. The predicted molar refractivity (Wildman–Crippen MR) is 95.3 cm³/mol. The zero-order valence-electron chi connectivity index (χ0n) is 13.9. The number of benzene rings is 1. The van der Waals surface area contributed by atoms with Crippen molar-refractivity contribution >= 4 is 11.0 Å². The fraction of sp³-hybridized carbons (Fsp3) is 0.381. The lowest BCUT2D eigenvalue weighted by molar-refractivity contribution is 0.558. The van der Waals surface area contributed by atoms with Gasteiger partial charge in [-0.1, -0.05) is 62.5 Å². The van der Waals surface area contributed by atoms with Crippen molar-refractivity contribution in [3.05, 3.63) is 45.8 Å². The first-order chi connectivity index (χ1) is 11.3. The van der Waals surface area contributed by atoms with Crippen LogP contribution in [0.15, 0.2) is 33.5 Å². The van der Waals surface area contributed by atoms with Crippen LogP contribution in [-0.2, 0) is 0 Å². The van der Waals surface area contributed by atoms with E-state index in [-0.39, 0.29) is 0 Å². The van der Waals surface area contributed by atoms with Crippen molar-refractivity contribution in [3.63, 3.8) is 0 Å². The number of para-hydroxylation sites is 1. The van der Waals surface area contributed by atoms with E-state index in [2.05, 4.69) is 37.5 Å². The van der Waals surface area contributed by atoms with E-state index in [4.69, 9.17) is 4.42 Å². The van der Waals surface area contributed by atoms with Crippen LogP contribution in [0.1, 0.15) is 63.5 Å². The maximum atomic E-state index is 12.3. The minimum Gasteiger partial charge on any atom is -0.422 e. The summed E-state index contributed by atoms with van der Waals surface area (Å²) >= 11 is 0. The van der Waals surface area contributed by atoms with E-state index in [0.29, 0.717) is 16.7 Å². The molecule has 0 saturated heterocycles. The van der Waals surface area contributed by atoms with Crippen LogP contribution in [0.5, 0.6) is 0 Å². The molecule has 0 fully saturated rings. The lowest BCUT2D eigenvalue weighted by Gasteiger charge is -2.02. The molecule has 0 spiro atoms. The molecular weight excluding hydrogens is 284 g/mol. The summed E-state index contributed by atoms with van der Waals surface area (Å²) in [6.45, 7) is 4.26. The van der Waals surface area contributed by atoms with E-state index in [1.165, 1.54) is 0 Å².